The second-order valence-electron chi connectivity index (χ2n) is 5.61. The highest BCUT2D eigenvalue weighted by molar-refractivity contribution is 7.13. The van der Waals surface area contributed by atoms with Gasteiger partial charge in [0.1, 0.15) is 5.01 Å². The minimum Gasteiger partial charge on any atom is -0.366 e. The number of amides is 1. The number of nitrogens with zero attached hydrogens (tertiary/aromatic N) is 2. The van der Waals surface area contributed by atoms with E-state index in [1.165, 1.54) is 0 Å². The van der Waals surface area contributed by atoms with Gasteiger partial charge in [0, 0.05) is 48.7 Å². The van der Waals surface area contributed by atoms with Crippen molar-refractivity contribution in [2.75, 3.05) is 19.6 Å². The van der Waals surface area contributed by atoms with Crippen LogP contribution in [0, 0.1) is 0 Å². The molecule has 0 aliphatic carbocycles. The standard InChI is InChI=1S/C16H20N4OS/c1-11-8-18-6-7-20(11)9-14-10-22-16(19-14)13-4-2-12(3-5-13)15(17)21/h2-5,10-11,18H,6-9H2,1H3,(H2,17,21)/t11-/m1/s1. The lowest BCUT2D eigenvalue weighted by Crippen LogP contribution is -2.49. The third kappa shape index (κ3) is 3.35. The van der Waals surface area contributed by atoms with Crippen LogP contribution in [0.4, 0.5) is 0 Å². The largest absolute Gasteiger partial charge is 0.366 e. The van der Waals surface area contributed by atoms with Gasteiger partial charge in [0.25, 0.3) is 0 Å². The molecule has 0 saturated carbocycles. The van der Waals surface area contributed by atoms with Gasteiger partial charge >= 0.3 is 0 Å². The number of rotatable bonds is 4. The number of carbonyl (C=O) groups is 1. The van der Waals surface area contributed by atoms with E-state index in [4.69, 9.17) is 10.7 Å². The molecule has 3 rings (SSSR count). The summed E-state index contributed by atoms with van der Waals surface area (Å²) >= 11 is 1.64. The van der Waals surface area contributed by atoms with Crippen LogP contribution in [0.25, 0.3) is 10.6 Å². The van der Waals surface area contributed by atoms with Crippen LogP contribution in [0.1, 0.15) is 23.0 Å². The van der Waals surface area contributed by atoms with Crippen LogP contribution < -0.4 is 11.1 Å². The van der Waals surface area contributed by atoms with E-state index >= 15 is 0 Å². The number of aromatic nitrogens is 1. The van der Waals surface area contributed by atoms with Crippen molar-refractivity contribution >= 4 is 17.2 Å². The Morgan fingerprint density at radius 2 is 2.23 bits per heavy atom. The molecule has 116 valence electrons. The number of nitrogens with one attached hydrogen (secondary N) is 1. The van der Waals surface area contributed by atoms with E-state index in [1.807, 2.05) is 12.1 Å². The summed E-state index contributed by atoms with van der Waals surface area (Å²) < 4.78 is 0. The van der Waals surface area contributed by atoms with Crippen molar-refractivity contribution in [1.29, 1.82) is 0 Å². The average Bonchev–Trinajstić information content (AvgIpc) is 2.98. The van der Waals surface area contributed by atoms with Crippen molar-refractivity contribution in [3.8, 4) is 10.6 Å². The van der Waals surface area contributed by atoms with Gasteiger partial charge in [0.15, 0.2) is 0 Å². The maximum absolute atomic E-state index is 11.1. The molecule has 22 heavy (non-hydrogen) atoms. The van der Waals surface area contributed by atoms with Crippen molar-refractivity contribution in [1.82, 2.24) is 15.2 Å². The topological polar surface area (TPSA) is 71.2 Å². The molecule has 6 heteroatoms. The van der Waals surface area contributed by atoms with E-state index < -0.39 is 5.91 Å². The molecule has 2 heterocycles. The van der Waals surface area contributed by atoms with Crippen LogP contribution in [0.5, 0.6) is 0 Å². The van der Waals surface area contributed by atoms with E-state index in [0.29, 0.717) is 11.6 Å². The molecule has 1 aliphatic heterocycles. The van der Waals surface area contributed by atoms with Gasteiger partial charge in [-0.3, -0.25) is 9.69 Å². The van der Waals surface area contributed by atoms with E-state index in [2.05, 4.69) is 22.5 Å². The van der Waals surface area contributed by atoms with Crippen molar-refractivity contribution in [2.45, 2.75) is 19.5 Å². The highest BCUT2D eigenvalue weighted by Gasteiger charge is 2.19. The number of piperazine rings is 1. The summed E-state index contributed by atoms with van der Waals surface area (Å²) in [7, 11) is 0. The molecule has 1 aliphatic rings. The Balaban J connectivity index is 1.71. The summed E-state index contributed by atoms with van der Waals surface area (Å²) in [5, 5.41) is 6.50. The zero-order valence-electron chi connectivity index (χ0n) is 12.6. The smallest absolute Gasteiger partial charge is 0.248 e. The zero-order chi connectivity index (χ0) is 15.5. The monoisotopic (exact) mass is 316 g/mol. The maximum atomic E-state index is 11.1. The van der Waals surface area contributed by atoms with Crippen molar-refractivity contribution in [3.05, 3.63) is 40.9 Å². The summed E-state index contributed by atoms with van der Waals surface area (Å²) in [6.07, 6.45) is 0. The Morgan fingerprint density at radius 3 is 2.91 bits per heavy atom. The molecule has 0 unspecified atom stereocenters. The number of thiazole rings is 1. The Bertz CT molecular complexity index is 652. The van der Waals surface area contributed by atoms with Crippen LogP contribution in [0.15, 0.2) is 29.6 Å². The molecule has 5 nitrogen and oxygen atoms in total. The van der Waals surface area contributed by atoms with Gasteiger partial charge in [0.2, 0.25) is 5.91 Å². The quantitative estimate of drug-likeness (QED) is 0.901. The number of carbonyl (C=O) groups excluding carboxylic acids is 1. The lowest BCUT2D eigenvalue weighted by atomic mass is 10.1. The first-order valence-corrected chi connectivity index (χ1v) is 8.31. The molecule has 1 atom stereocenters. The number of hydrogen-bond donors (Lipinski definition) is 2. The van der Waals surface area contributed by atoms with Gasteiger partial charge in [-0.05, 0) is 19.1 Å². The van der Waals surface area contributed by atoms with Gasteiger partial charge in [-0.2, -0.15) is 0 Å². The van der Waals surface area contributed by atoms with E-state index in [9.17, 15) is 4.79 Å². The van der Waals surface area contributed by atoms with Gasteiger partial charge in [0.05, 0.1) is 5.69 Å². The molecule has 0 radical (unpaired) electrons. The number of nitrogens with two attached hydrogens (primary N) is 1. The van der Waals surface area contributed by atoms with Gasteiger partial charge in [-0.1, -0.05) is 12.1 Å². The fourth-order valence-corrected chi connectivity index (χ4v) is 3.43. The second kappa shape index (κ2) is 6.56. The second-order valence-corrected chi connectivity index (χ2v) is 6.47. The van der Waals surface area contributed by atoms with E-state index in [-0.39, 0.29) is 0 Å². The summed E-state index contributed by atoms with van der Waals surface area (Å²) in [6, 6.07) is 7.83. The molecule has 1 amide bonds. The first-order chi connectivity index (χ1) is 10.6. The SMILES string of the molecule is C[C@@H]1CNCCN1Cc1csc(-c2ccc(C(N)=O)cc2)n1. The lowest BCUT2D eigenvalue weighted by molar-refractivity contribution is 0.100. The molecule has 1 fully saturated rings. The first-order valence-electron chi connectivity index (χ1n) is 7.43. The Morgan fingerprint density at radius 1 is 1.45 bits per heavy atom. The molecule has 0 spiro atoms. The fraction of sp³-hybridized carbons (Fsp3) is 0.375. The summed E-state index contributed by atoms with van der Waals surface area (Å²) in [4.78, 5) is 18.3. The molecule has 3 N–H and O–H groups in total. The van der Waals surface area contributed by atoms with Crippen LogP contribution >= 0.6 is 11.3 Å². The average molecular weight is 316 g/mol. The predicted octanol–water partition coefficient (Wildman–Crippen LogP) is 1.70. The van der Waals surface area contributed by atoms with Crippen molar-refractivity contribution in [2.24, 2.45) is 5.73 Å². The lowest BCUT2D eigenvalue weighted by Gasteiger charge is -2.33. The maximum Gasteiger partial charge on any atom is 0.248 e. The van der Waals surface area contributed by atoms with Crippen molar-refractivity contribution < 1.29 is 4.79 Å². The molecule has 0 bridgehead atoms. The Labute approximate surface area is 134 Å². The minimum absolute atomic E-state index is 0.404. The Kier molecular flexibility index (Phi) is 4.52. The minimum atomic E-state index is -0.404. The van der Waals surface area contributed by atoms with Crippen LogP contribution in [-0.2, 0) is 6.54 Å². The van der Waals surface area contributed by atoms with Crippen molar-refractivity contribution in [3.63, 3.8) is 0 Å². The highest BCUT2D eigenvalue weighted by Crippen LogP contribution is 2.25. The molecular formula is C16H20N4OS. The highest BCUT2D eigenvalue weighted by atomic mass is 32.1. The fourth-order valence-electron chi connectivity index (χ4n) is 2.62. The number of benzene rings is 1. The van der Waals surface area contributed by atoms with Gasteiger partial charge in [-0.15, -0.1) is 11.3 Å². The van der Waals surface area contributed by atoms with Gasteiger partial charge < -0.3 is 11.1 Å². The number of primary amides is 1. The summed E-state index contributed by atoms with van der Waals surface area (Å²) in [6.45, 7) is 6.25. The molecular weight excluding hydrogens is 296 g/mol. The van der Waals surface area contributed by atoms with E-state index in [1.54, 1.807) is 23.5 Å². The predicted molar refractivity (Wildman–Crippen MR) is 88.8 cm³/mol. The molecule has 2 aromatic rings. The summed E-state index contributed by atoms with van der Waals surface area (Å²) in [5.41, 5.74) is 7.91. The third-order valence-electron chi connectivity index (χ3n) is 3.97. The van der Waals surface area contributed by atoms with Crippen LogP contribution in [0.2, 0.25) is 0 Å². The van der Waals surface area contributed by atoms with Gasteiger partial charge in [-0.25, -0.2) is 4.98 Å². The third-order valence-corrected chi connectivity index (χ3v) is 4.91. The molecule has 1 aromatic heterocycles. The zero-order valence-corrected chi connectivity index (χ0v) is 13.4. The van der Waals surface area contributed by atoms with Crippen LogP contribution in [-0.4, -0.2) is 41.5 Å². The van der Waals surface area contributed by atoms with Crippen LogP contribution in [0.3, 0.4) is 0 Å². The summed E-state index contributed by atoms with van der Waals surface area (Å²) in [5.74, 6) is -0.404. The number of hydrogen-bond acceptors (Lipinski definition) is 5. The Hall–Kier alpha value is -1.76. The molecule has 1 aromatic carbocycles. The van der Waals surface area contributed by atoms with E-state index in [0.717, 1.165) is 42.4 Å². The normalized spacial score (nSPS) is 19.2. The molecule has 1 saturated heterocycles. The first kappa shape index (κ1) is 15.1.